The summed E-state index contributed by atoms with van der Waals surface area (Å²) in [6.07, 6.45) is 4.15. The molecule has 0 radical (unpaired) electrons. The molecule has 1 aliphatic heterocycles. The van der Waals surface area contributed by atoms with Gasteiger partial charge in [-0.15, -0.1) is 0 Å². The number of thioether (sulfide) groups is 1. The van der Waals surface area contributed by atoms with E-state index in [1.807, 2.05) is 18.2 Å². The first-order valence-electron chi connectivity index (χ1n) is 7.02. The molecule has 0 saturated heterocycles. The number of hydrogen-bond acceptors (Lipinski definition) is 6. The minimum absolute atomic E-state index is 0.0610. The Kier molecular flexibility index (Phi) is 5.32. The topological polar surface area (TPSA) is 40.5 Å². The predicted octanol–water partition coefficient (Wildman–Crippen LogP) is 4.51. The Balaban J connectivity index is 1.57. The first kappa shape index (κ1) is 17.1. The Morgan fingerprint density at radius 2 is 1.83 bits per heavy atom. The van der Waals surface area contributed by atoms with Gasteiger partial charge in [0.15, 0.2) is 0 Å². The molecule has 1 atom stereocenters. The molecule has 0 fully saturated rings. The van der Waals surface area contributed by atoms with Gasteiger partial charge in [-0.1, -0.05) is 6.07 Å². The number of benzene rings is 1. The molecule has 126 valence electrons. The van der Waals surface area contributed by atoms with E-state index in [2.05, 4.69) is 14.8 Å². The van der Waals surface area contributed by atoms with Crippen LogP contribution in [0.25, 0.3) is 0 Å². The number of halogens is 3. The van der Waals surface area contributed by atoms with Crippen molar-refractivity contribution < 1.29 is 13.2 Å². The van der Waals surface area contributed by atoms with Crippen LogP contribution in [0.2, 0.25) is 0 Å². The highest BCUT2D eigenvalue weighted by atomic mass is 32.2. The van der Waals surface area contributed by atoms with Crippen LogP contribution in [0.5, 0.6) is 0 Å². The first-order valence-corrected chi connectivity index (χ1v) is 8.65. The molecular formula is C15H13F3N4S2. The fourth-order valence-electron chi connectivity index (χ4n) is 2.07. The number of hydrogen-bond donors (Lipinski definition) is 1. The number of nitrogens with zero attached hydrogens (tertiary/aromatic N) is 3. The normalized spacial score (nSPS) is 17.5. The molecule has 0 amide bonds. The molecule has 9 heteroatoms. The summed E-state index contributed by atoms with van der Waals surface area (Å²) in [4.78, 5) is 5.27. The van der Waals surface area contributed by atoms with Crippen LogP contribution in [0.4, 0.5) is 19.0 Å². The van der Waals surface area contributed by atoms with Crippen LogP contribution >= 0.6 is 23.7 Å². The van der Waals surface area contributed by atoms with Gasteiger partial charge in [0.1, 0.15) is 12.0 Å². The molecule has 0 spiro atoms. The number of hydrazone groups is 1. The molecule has 1 aliphatic rings. The van der Waals surface area contributed by atoms with E-state index >= 15 is 0 Å². The van der Waals surface area contributed by atoms with Crippen molar-refractivity contribution in [3.63, 3.8) is 0 Å². The van der Waals surface area contributed by atoms with Crippen LogP contribution in [0.15, 0.2) is 63.6 Å². The summed E-state index contributed by atoms with van der Waals surface area (Å²) in [7, 11) is 0. The molecule has 0 bridgehead atoms. The third-order valence-corrected chi connectivity index (χ3v) is 4.72. The van der Waals surface area contributed by atoms with Crippen LogP contribution < -0.4 is 9.73 Å². The maximum absolute atomic E-state index is 12.3. The third kappa shape index (κ3) is 4.65. The van der Waals surface area contributed by atoms with Gasteiger partial charge in [-0.05, 0) is 60.1 Å². The van der Waals surface area contributed by atoms with Crippen LogP contribution in [0.3, 0.4) is 0 Å². The predicted molar refractivity (Wildman–Crippen MR) is 91.0 cm³/mol. The van der Waals surface area contributed by atoms with Gasteiger partial charge in [0, 0.05) is 28.6 Å². The monoisotopic (exact) mass is 370 g/mol. The average molecular weight is 370 g/mol. The highest BCUT2D eigenvalue weighted by Crippen LogP contribution is 2.37. The van der Waals surface area contributed by atoms with E-state index < -0.39 is 5.51 Å². The Labute approximate surface area is 145 Å². The summed E-state index contributed by atoms with van der Waals surface area (Å²) in [5, 5.41) is 6.07. The van der Waals surface area contributed by atoms with Gasteiger partial charge in [0.25, 0.3) is 0 Å². The second kappa shape index (κ2) is 7.45. The van der Waals surface area contributed by atoms with Crippen molar-refractivity contribution in [3.05, 3.63) is 48.7 Å². The zero-order chi connectivity index (χ0) is 17.0. The molecule has 3 rings (SSSR count). The Morgan fingerprint density at radius 3 is 2.50 bits per heavy atom. The zero-order valence-corrected chi connectivity index (χ0v) is 13.9. The summed E-state index contributed by atoms with van der Waals surface area (Å²) in [5.41, 5.74) is -4.27. The quantitative estimate of drug-likeness (QED) is 0.619. The van der Waals surface area contributed by atoms with Gasteiger partial charge in [-0.3, -0.25) is 0 Å². The van der Waals surface area contributed by atoms with Crippen molar-refractivity contribution in [2.45, 2.75) is 27.9 Å². The Morgan fingerprint density at radius 1 is 1.08 bits per heavy atom. The van der Waals surface area contributed by atoms with Crippen LogP contribution in [0, 0.1) is 0 Å². The molecule has 4 nitrogen and oxygen atoms in total. The maximum atomic E-state index is 12.3. The summed E-state index contributed by atoms with van der Waals surface area (Å²) < 4.78 is 40.2. The number of anilines is 1. The van der Waals surface area contributed by atoms with Gasteiger partial charge < -0.3 is 0 Å². The van der Waals surface area contributed by atoms with Gasteiger partial charge >= 0.3 is 5.51 Å². The maximum Gasteiger partial charge on any atom is 0.446 e. The van der Waals surface area contributed by atoms with E-state index in [0.717, 1.165) is 10.7 Å². The standard InChI is InChI=1S/C15H13F3N4S2/c16-15(17,18)23-11-4-6-12(7-5-11)24-21-14-8-10-20-22(14)13-3-1-2-9-19-13/h1-7,9-10,14,21H,8H2. The molecule has 1 aromatic carbocycles. The lowest BCUT2D eigenvalue weighted by molar-refractivity contribution is -0.0328. The number of alkyl halides is 3. The van der Waals surface area contributed by atoms with E-state index in [4.69, 9.17) is 0 Å². The zero-order valence-electron chi connectivity index (χ0n) is 12.3. The molecule has 0 aliphatic carbocycles. The van der Waals surface area contributed by atoms with Crippen molar-refractivity contribution in [3.8, 4) is 0 Å². The molecule has 24 heavy (non-hydrogen) atoms. The first-order chi connectivity index (χ1) is 11.5. The molecule has 0 saturated carbocycles. The second-order valence-electron chi connectivity index (χ2n) is 4.82. The van der Waals surface area contributed by atoms with E-state index in [9.17, 15) is 13.2 Å². The van der Waals surface area contributed by atoms with E-state index in [1.54, 1.807) is 29.6 Å². The van der Waals surface area contributed by atoms with E-state index in [1.165, 1.54) is 24.1 Å². The molecule has 1 unspecified atom stereocenters. The molecule has 2 heterocycles. The van der Waals surface area contributed by atoms with Crippen LogP contribution in [0.1, 0.15) is 6.42 Å². The fraction of sp³-hybridized carbons (Fsp3) is 0.200. The van der Waals surface area contributed by atoms with Gasteiger partial charge in [-0.25, -0.2) is 14.7 Å². The summed E-state index contributed by atoms with van der Waals surface area (Å²) in [5.74, 6) is 0.737. The number of pyridine rings is 1. The van der Waals surface area contributed by atoms with Crippen molar-refractivity contribution in [2.75, 3.05) is 5.01 Å². The third-order valence-electron chi connectivity index (χ3n) is 3.08. The smallest absolute Gasteiger partial charge is 0.237 e. The largest absolute Gasteiger partial charge is 0.446 e. The Bertz CT molecular complexity index is 692. The van der Waals surface area contributed by atoms with Gasteiger partial charge in [-0.2, -0.15) is 18.3 Å². The lowest BCUT2D eigenvalue weighted by Crippen LogP contribution is -2.36. The van der Waals surface area contributed by atoms with Gasteiger partial charge in [0.2, 0.25) is 0 Å². The summed E-state index contributed by atoms with van der Waals surface area (Å²) in [6, 6.07) is 11.8. The molecule has 2 aromatic rings. The number of aromatic nitrogens is 1. The van der Waals surface area contributed by atoms with Crippen molar-refractivity contribution in [1.82, 2.24) is 9.71 Å². The van der Waals surface area contributed by atoms with Gasteiger partial charge in [0.05, 0.1) is 0 Å². The SMILES string of the molecule is FC(F)(F)Sc1ccc(SNC2CC=NN2c2ccccn2)cc1. The van der Waals surface area contributed by atoms with Crippen molar-refractivity contribution in [1.29, 1.82) is 0 Å². The Hall–Kier alpha value is -1.71. The number of rotatable bonds is 5. The van der Waals surface area contributed by atoms with Crippen LogP contribution in [-0.2, 0) is 0 Å². The highest BCUT2D eigenvalue weighted by Gasteiger charge is 2.29. The average Bonchev–Trinajstić information content (AvgIpc) is 3.02. The van der Waals surface area contributed by atoms with Crippen LogP contribution in [-0.4, -0.2) is 22.9 Å². The lowest BCUT2D eigenvalue weighted by Gasteiger charge is -2.23. The van der Waals surface area contributed by atoms with E-state index in [-0.39, 0.29) is 22.8 Å². The van der Waals surface area contributed by atoms with Crippen molar-refractivity contribution >= 4 is 35.7 Å². The second-order valence-corrected chi connectivity index (χ2v) is 6.87. The van der Waals surface area contributed by atoms with E-state index in [0.29, 0.717) is 6.42 Å². The molecule has 1 N–H and O–H groups in total. The number of nitrogens with one attached hydrogen (secondary N) is 1. The minimum atomic E-state index is -4.27. The molecule has 1 aromatic heterocycles. The highest BCUT2D eigenvalue weighted by molar-refractivity contribution is 8.00. The summed E-state index contributed by atoms with van der Waals surface area (Å²) >= 11 is 1.24. The summed E-state index contributed by atoms with van der Waals surface area (Å²) in [6.45, 7) is 0. The lowest BCUT2D eigenvalue weighted by atomic mass is 10.4. The minimum Gasteiger partial charge on any atom is -0.237 e. The molecular weight excluding hydrogens is 357 g/mol. The fourth-order valence-corrected chi connectivity index (χ4v) is 3.35. The van der Waals surface area contributed by atoms with Crippen molar-refractivity contribution in [2.24, 2.45) is 5.10 Å².